The predicted molar refractivity (Wildman–Crippen MR) is 70.6 cm³/mol. The summed E-state index contributed by atoms with van der Waals surface area (Å²) >= 11 is 0. The van der Waals surface area contributed by atoms with E-state index in [1.54, 1.807) is 7.11 Å². The molecule has 1 saturated heterocycles. The summed E-state index contributed by atoms with van der Waals surface area (Å²) in [5.74, 6) is 0.926. The first-order valence-electron chi connectivity index (χ1n) is 6.35. The third kappa shape index (κ3) is 2.75. The second-order valence-corrected chi connectivity index (χ2v) is 5.06. The molecular weight excluding hydrogens is 231 g/mol. The van der Waals surface area contributed by atoms with E-state index in [4.69, 9.17) is 4.74 Å². The number of ether oxygens (including phenoxy) is 1. The van der Waals surface area contributed by atoms with Gasteiger partial charge in [0.2, 0.25) is 0 Å². The summed E-state index contributed by atoms with van der Waals surface area (Å²) < 4.78 is 18.9. The first kappa shape index (κ1) is 13.1. The van der Waals surface area contributed by atoms with Gasteiger partial charge in [-0.1, -0.05) is 6.08 Å². The number of nitrogens with one attached hydrogen (secondary N) is 1. The molecule has 1 fully saturated rings. The fourth-order valence-electron chi connectivity index (χ4n) is 2.47. The number of nitrogens with zero attached hydrogens (tertiary/aromatic N) is 1. The Kier molecular flexibility index (Phi) is 4.07. The van der Waals surface area contributed by atoms with Gasteiger partial charge in [-0.05, 0) is 27.1 Å². The molecule has 0 aromatic carbocycles. The molecule has 0 radical (unpaired) electrons. The molecule has 0 unspecified atom stereocenters. The maximum atomic E-state index is 13.5. The van der Waals surface area contributed by atoms with Crippen LogP contribution in [-0.4, -0.2) is 39.2 Å². The third-order valence-corrected chi connectivity index (χ3v) is 3.44. The molecule has 0 saturated carbocycles. The summed E-state index contributed by atoms with van der Waals surface area (Å²) in [7, 11) is 5.74. The van der Waals surface area contributed by atoms with Crippen molar-refractivity contribution in [2.75, 3.05) is 34.3 Å². The van der Waals surface area contributed by atoms with Crippen LogP contribution in [0.5, 0.6) is 0 Å². The number of rotatable bonds is 4. The van der Waals surface area contributed by atoms with E-state index in [0.717, 1.165) is 30.8 Å². The molecule has 0 spiro atoms. The summed E-state index contributed by atoms with van der Waals surface area (Å²) in [5.41, 5.74) is 2.17. The fraction of sp³-hybridized carbons (Fsp3) is 0.571. The van der Waals surface area contributed by atoms with Crippen molar-refractivity contribution in [3.63, 3.8) is 0 Å². The van der Waals surface area contributed by atoms with E-state index in [2.05, 4.69) is 24.3 Å². The van der Waals surface area contributed by atoms with Crippen molar-refractivity contribution in [1.29, 1.82) is 0 Å². The highest BCUT2D eigenvalue weighted by Crippen LogP contribution is 2.34. The van der Waals surface area contributed by atoms with Gasteiger partial charge in [0.1, 0.15) is 11.6 Å². The largest absolute Gasteiger partial charge is 0.496 e. The van der Waals surface area contributed by atoms with Crippen LogP contribution in [0.1, 0.15) is 12.8 Å². The molecule has 2 rings (SSSR count). The van der Waals surface area contributed by atoms with Crippen molar-refractivity contribution >= 4 is 0 Å². The Morgan fingerprint density at radius 1 is 1.50 bits per heavy atom. The molecule has 0 bridgehead atoms. The Bertz CT molecular complexity index is 410. The molecule has 3 nitrogen and oxygen atoms in total. The Balaban J connectivity index is 2.25. The molecule has 1 heterocycles. The molecule has 1 aliphatic heterocycles. The fourth-order valence-corrected chi connectivity index (χ4v) is 2.47. The van der Waals surface area contributed by atoms with Crippen molar-refractivity contribution in [2.24, 2.45) is 5.92 Å². The van der Waals surface area contributed by atoms with Crippen molar-refractivity contribution in [2.45, 2.75) is 12.8 Å². The van der Waals surface area contributed by atoms with Crippen molar-refractivity contribution in [3.05, 3.63) is 35.0 Å². The average Bonchev–Trinajstić information content (AvgIpc) is 2.66. The van der Waals surface area contributed by atoms with Crippen LogP contribution in [0.15, 0.2) is 35.0 Å². The zero-order valence-electron chi connectivity index (χ0n) is 11.3. The lowest BCUT2D eigenvalue weighted by molar-refractivity contribution is 0.295. The standard InChI is InChI=1S/C14H21FN2O/c1-17(2)7-6-10-9-16-12-5-4-11(15)8-13(18-3)14(10)12/h5,8,10,16H,4,6-7,9H2,1-3H3/t10-/m0/s1. The van der Waals surface area contributed by atoms with Gasteiger partial charge in [-0.2, -0.15) is 0 Å². The minimum Gasteiger partial charge on any atom is -0.496 e. The van der Waals surface area contributed by atoms with Gasteiger partial charge in [0.15, 0.2) is 0 Å². The minimum absolute atomic E-state index is 0.144. The number of methoxy groups -OCH3 is 1. The van der Waals surface area contributed by atoms with Gasteiger partial charge in [-0.25, -0.2) is 4.39 Å². The van der Waals surface area contributed by atoms with Gasteiger partial charge in [0.25, 0.3) is 0 Å². The number of allylic oxidation sites excluding steroid dienone is 4. The average molecular weight is 252 g/mol. The van der Waals surface area contributed by atoms with Crippen LogP contribution in [0.2, 0.25) is 0 Å². The molecule has 0 amide bonds. The quantitative estimate of drug-likeness (QED) is 0.830. The summed E-state index contributed by atoms with van der Waals surface area (Å²) in [6.07, 6.45) is 4.84. The highest BCUT2D eigenvalue weighted by Gasteiger charge is 2.29. The number of hydrogen-bond acceptors (Lipinski definition) is 3. The topological polar surface area (TPSA) is 24.5 Å². The summed E-state index contributed by atoms with van der Waals surface area (Å²) in [6.45, 7) is 1.93. The normalized spacial score (nSPS) is 23.3. The lowest BCUT2D eigenvalue weighted by atomic mass is 9.96. The Hall–Kier alpha value is -1.29. The van der Waals surface area contributed by atoms with Crippen LogP contribution < -0.4 is 5.32 Å². The van der Waals surface area contributed by atoms with E-state index in [1.165, 1.54) is 6.08 Å². The first-order valence-corrected chi connectivity index (χ1v) is 6.35. The zero-order chi connectivity index (χ0) is 13.1. The lowest BCUT2D eigenvalue weighted by Crippen LogP contribution is -2.19. The van der Waals surface area contributed by atoms with E-state index < -0.39 is 0 Å². The maximum Gasteiger partial charge on any atom is 0.127 e. The monoisotopic (exact) mass is 252 g/mol. The predicted octanol–water partition coefficient (Wildman–Crippen LogP) is 2.20. The first-order chi connectivity index (χ1) is 8.61. The van der Waals surface area contributed by atoms with Crippen LogP contribution >= 0.6 is 0 Å². The minimum atomic E-state index is -0.144. The van der Waals surface area contributed by atoms with E-state index in [0.29, 0.717) is 18.1 Å². The number of hydrogen-bond donors (Lipinski definition) is 1. The third-order valence-electron chi connectivity index (χ3n) is 3.44. The second-order valence-electron chi connectivity index (χ2n) is 5.06. The van der Waals surface area contributed by atoms with Crippen molar-refractivity contribution < 1.29 is 9.13 Å². The molecule has 18 heavy (non-hydrogen) atoms. The van der Waals surface area contributed by atoms with Gasteiger partial charge in [0.05, 0.1) is 7.11 Å². The highest BCUT2D eigenvalue weighted by atomic mass is 19.1. The van der Waals surface area contributed by atoms with E-state index in [1.807, 2.05) is 6.08 Å². The van der Waals surface area contributed by atoms with Gasteiger partial charge in [-0.15, -0.1) is 0 Å². The molecule has 1 N–H and O–H groups in total. The van der Waals surface area contributed by atoms with E-state index in [9.17, 15) is 4.39 Å². The van der Waals surface area contributed by atoms with Crippen LogP contribution in [0.25, 0.3) is 0 Å². The zero-order valence-corrected chi connectivity index (χ0v) is 11.3. The second kappa shape index (κ2) is 5.57. The van der Waals surface area contributed by atoms with Gasteiger partial charge in [-0.3, -0.25) is 0 Å². The van der Waals surface area contributed by atoms with Crippen LogP contribution in [-0.2, 0) is 4.74 Å². The molecule has 1 atom stereocenters. The Morgan fingerprint density at radius 2 is 2.28 bits per heavy atom. The molecular formula is C14H21FN2O. The highest BCUT2D eigenvalue weighted by molar-refractivity contribution is 5.45. The van der Waals surface area contributed by atoms with Gasteiger partial charge in [0, 0.05) is 36.2 Å². The van der Waals surface area contributed by atoms with E-state index in [-0.39, 0.29) is 5.83 Å². The molecule has 4 heteroatoms. The SMILES string of the molecule is COC1=C2C(=CCC(F)=C1)NC[C@@H]2CCN(C)C. The summed E-state index contributed by atoms with van der Waals surface area (Å²) in [5, 5.41) is 3.36. The summed E-state index contributed by atoms with van der Waals surface area (Å²) in [6, 6.07) is 0. The number of halogens is 1. The molecule has 1 aliphatic carbocycles. The summed E-state index contributed by atoms with van der Waals surface area (Å²) in [4.78, 5) is 2.17. The maximum absolute atomic E-state index is 13.5. The molecule has 0 aromatic heterocycles. The lowest BCUT2D eigenvalue weighted by Gasteiger charge is -2.16. The molecule has 2 aliphatic rings. The van der Waals surface area contributed by atoms with Crippen LogP contribution in [0, 0.1) is 5.92 Å². The Labute approximate surface area is 108 Å². The van der Waals surface area contributed by atoms with Crippen molar-refractivity contribution in [3.8, 4) is 0 Å². The molecule has 100 valence electrons. The van der Waals surface area contributed by atoms with E-state index >= 15 is 0 Å². The van der Waals surface area contributed by atoms with Gasteiger partial charge < -0.3 is 15.0 Å². The molecule has 0 aromatic rings. The van der Waals surface area contributed by atoms with Crippen LogP contribution in [0.4, 0.5) is 4.39 Å². The van der Waals surface area contributed by atoms with Crippen LogP contribution in [0.3, 0.4) is 0 Å². The number of fused-ring (bicyclic) bond motifs is 1. The van der Waals surface area contributed by atoms with Gasteiger partial charge >= 0.3 is 0 Å². The van der Waals surface area contributed by atoms with Crippen molar-refractivity contribution in [1.82, 2.24) is 10.2 Å². The smallest absolute Gasteiger partial charge is 0.127 e. The Morgan fingerprint density at radius 3 is 2.94 bits per heavy atom.